The zero-order valence-corrected chi connectivity index (χ0v) is 48.3. The molecule has 0 spiro atoms. The van der Waals surface area contributed by atoms with Crippen molar-refractivity contribution in [3.8, 4) is 22.5 Å². The van der Waals surface area contributed by atoms with Crippen molar-refractivity contribution < 1.29 is 0 Å². The molecule has 83 heavy (non-hydrogen) atoms. The highest BCUT2D eigenvalue weighted by Gasteiger charge is 2.44. The van der Waals surface area contributed by atoms with Crippen LogP contribution < -0.4 is 41.5 Å². The Kier molecular flexibility index (Phi) is 11.8. The molecule has 5 heteroatoms. The Morgan fingerprint density at radius 3 is 1.31 bits per heavy atom. The van der Waals surface area contributed by atoms with E-state index in [9.17, 15) is 0 Å². The van der Waals surface area contributed by atoms with Crippen LogP contribution in [0.2, 0.25) is 0 Å². The molecule has 3 heterocycles. The fraction of sp³-hybridized carbons (Fsp3) is 0. The number of thiophene rings is 1. The van der Waals surface area contributed by atoms with Gasteiger partial charge in [0.2, 0.25) is 0 Å². The van der Waals surface area contributed by atoms with Gasteiger partial charge in [0.25, 0.3) is 0 Å². The van der Waals surface area contributed by atoms with Gasteiger partial charge in [0.05, 0.1) is 22.1 Å². The van der Waals surface area contributed by atoms with Crippen LogP contribution in [0.3, 0.4) is 0 Å². The largest absolute Gasteiger partial charge is 0.309 e. The molecule has 2 nitrogen and oxygen atoms in total. The summed E-state index contributed by atoms with van der Waals surface area (Å²) in [6, 6.07) is 124. The summed E-state index contributed by atoms with van der Waals surface area (Å²) in [5.41, 5.74) is 9.37. The van der Waals surface area contributed by atoms with Crippen LogP contribution in [0, 0.1) is 0 Å². The molecule has 16 rings (SSSR count). The predicted molar refractivity (Wildman–Crippen MR) is 361 cm³/mol. The number of hydrogen-bond donors (Lipinski definition) is 0. The second kappa shape index (κ2) is 20.0. The van der Waals surface area contributed by atoms with Gasteiger partial charge < -0.3 is 9.13 Å². The molecule has 390 valence electrons. The number of hydrogen-bond acceptors (Lipinski definition) is 1. The van der Waals surface area contributed by atoms with Gasteiger partial charge in [-0.1, -0.05) is 267 Å². The van der Waals surface area contributed by atoms with Crippen molar-refractivity contribution in [2.24, 2.45) is 0 Å². The van der Waals surface area contributed by atoms with E-state index in [1.54, 1.807) is 0 Å². The summed E-state index contributed by atoms with van der Waals surface area (Å²) in [4.78, 5) is 0. The molecular weight excluding hydrogens is 1050 g/mol. The lowest BCUT2D eigenvalue weighted by Crippen LogP contribution is -2.74. The van der Waals surface area contributed by atoms with Crippen molar-refractivity contribution in [3.63, 3.8) is 0 Å². The summed E-state index contributed by atoms with van der Waals surface area (Å²) in [7, 11) is -5.96. The summed E-state index contributed by atoms with van der Waals surface area (Å²) in [5, 5.41) is 18.5. The van der Waals surface area contributed by atoms with E-state index in [0.717, 1.165) is 16.9 Å². The number of aromatic nitrogens is 2. The van der Waals surface area contributed by atoms with Crippen LogP contribution in [0.4, 0.5) is 0 Å². The fourth-order valence-corrected chi connectivity index (χ4v) is 25.1. The van der Waals surface area contributed by atoms with E-state index in [1.165, 1.54) is 111 Å². The standard InChI is InChI=1S/C78H54N2SSi2/c1-7-26-55(27-8-1)65-42-24-44-72-77(65)69-53-57(80-70-43-21-19-41-67(70)78-73(80)45-25-47-76(78)83(60-33-13-4-14-34-60,61-35-15-5-16-36-61)62-37-17-6-18-38-62)48-50-71(69)79(72)56-28-23-39-63(52-56)82(58-29-9-2-10-30-58,59-31-11-3-12-32-59)64-49-51-75-68(54-64)66-40-20-22-46-74(66)81-75/h1-54H. The minimum atomic E-state index is -3.01. The normalized spacial score (nSPS) is 12.1. The van der Waals surface area contributed by atoms with Crippen LogP contribution in [0.25, 0.3) is 86.3 Å². The first kappa shape index (κ1) is 49.0. The molecule has 0 amide bonds. The Balaban J connectivity index is 0.962. The van der Waals surface area contributed by atoms with Crippen LogP contribution in [0.1, 0.15) is 0 Å². The molecule has 0 unspecified atom stereocenters. The van der Waals surface area contributed by atoms with Gasteiger partial charge in [-0.25, -0.2) is 0 Å². The number of benzene rings is 13. The minimum Gasteiger partial charge on any atom is -0.309 e. The molecule has 13 aromatic carbocycles. The summed E-state index contributed by atoms with van der Waals surface area (Å²) < 4.78 is 7.71. The summed E-state index contributed by atoms with van der Waals surface area (Å²) >= 11 is 1.88. The number of fused-ring (bicyclic) bond motifs is 9. The Morgan fingerprint density at radius 2 is 0.687 bits per heavy atom. The molecule has 0 saturated heterocycles. The third-order valence-corrected chi connectivity index (χ3v) is 28.3. The SMILES string of the molecule is c1ccc(-c2cccc3c2c2cc(-n4c5ccccc5c5c([Si](c6ccccc6)(c6ccccc6)c6ccccc6)cccc54)ccc2n3-c2cccc([Si](c3ccccc3)(c3ccccc3)c3ccc4sc5ccccc5c4c3)c2)cc1. The highest BCUT2D eigenvalue weighted by atomic mass is 32.1. The van der Waals surface area contributed by atoms with E-state index < -0.39 is 16.1 Å². The van der Waals surface area contributed by atoms with Gasteiger partial charge >= 0.3 is 0 Å². The summed E-state index contributed by atoms with van der Waals surface area (Å²) in [6.45, 7) is 0. The maximum absolute atomic E-state index is 3.01. The van der Waals surface area contributed by atoms with Crippen molar-refractivity contribution in [1.29, 1.82) is 0 Å². The maximum atomic E-state index is 2.54. The van der Waals surface area contributed by atoms with E-state index in [0.29, 0.717) is 0 Å². The van der Waals surface area contributed by atoms with E-state index in [4.69, 9.17) is 0 Å². The summed E-state index contributed by atoms with van der Waals surface area (Å²) in [5.74, 6) is 0. The quantitative estimate of drug-likeness (QED) is 0.0902. The molecule has 3 aromatic heterocycles. The zero-order valence-electron chi connectivity index (χ0n) is 45.5. The van der Waals surface area contributed by atoms with Gasteiger partial charge in [0, 0.05) is 53.1 Å². The number of rotatable bonds is 11. The van der Waals surface area contributed by atoms with Gasteiger partial charge in [-0.2, -0.15) is 0 Å². The Hall–Kier alpha value is -9.89. The lowest BCUT2D eigenvalue weighted by Gasteiger charge is -2.35. The molecule has 0 radical (unpaired) electrons. The lowest BCUT2D eigenvalue weighted by molar-refractivity contribution is 1.17. The van der Waals surface area contributed by atoms with Crippen molar-refractivity contribution in [2.75, 3.05) is 0 Å². The highest BCUT2D eigenvalue weighted by molar-refractivity contribution is 7.26. The number of para-hydroxylation sites is 1. The van der Waals surface area contributed by atoms with Gasteiger partial charge in [-0.15, -0.1) is 11.3 Å². The molecule has 16 aromatic rings. The average Bonchev–Trinajstić information content (AvgIpc) is 2.57. The van der Waals surface area contributed by atoms with Crippen molar-refractivity contribution >= 4 is 133 Å². The molecule has 0 saturated carbocycles. The Labute approximate surface area is 488 Å². The first-order valence-corrected chi connectivity index (χ1v) is 33.5. The second-order valence-corrected chi connectivity index (χ2v) is 30.5. The molecule has 0 aliphatic rings. The number of nitrogens with zero attached hydrogens (tertiary/aromatic N) is 2. The summed E-state index contributed by atoms with van der Waals surface area (Å²) in [6.07, 6.45) is 0. The van der Waals surface area contributed by atoms with Gasteiger partial charge in [-0.3, -0.25) is 0 Å². The van der Waals surface area contributed by atoms with Crippen molar-refractivity contribution in [1.82, 2.24) is 9.13 Å². The zero-order chi connectivity index (χ0) is 54.9. The molecule has 0 aliphatic heterocycles. The van der Waals surface area contributed by atoms with E-state index >= 15 is 0 Å². The predicted octanol–water partition coefficient (Wildman–Crippen LogP) is 14.7. The van der Waals surface area contributed by atoms with Crippen LogP contribution in [0.15, 0.2) is 328 Å². The van der Waals surface area contributed by atoms with Crippen molar-refractivity contribution in [2.45, 2.75) is 0 Å². The average molecular weight is 1110 g/mol. The molecule has 0 fully saturated rings. The maximum Gasteiger partial charge on any atom is 0.180 e. The van der Waals surface area contributed by atoms with E-state index in [2.05, 4.69) is 337 Å². The third-order valence-electron chi connectivity index (χ3n) is 17.6. The van der Waals surface area contributed by atoms with Crippen molar-refractivity contribution in [3.05, 3.63) is 328 Å². The Morgan fingerprint density at radius 1 is 0.241 bits per heavy atom. The first-order chi connectivity index (χ1) is 41.2. The third kappa shape index (κ3) is 7.59. The van der Waals surface area contributed by atoms with Crippen LogP contribution in [0.5, 0.6) is 0 Å². The van der Waals surface area contributed by atoms with Crippen LogP contribution in [-0.4, -0.2) is 25.3 Å². The smallest absolute Gasteiger partial charge is 0.180 e. The fourth-order valence-electron chi connectivity index (χ4n) is 14.2. The van der Waals surface area contributed by atoms with E-state index in [1.807, 2.05) is 11.3 Å². The van der Waals surface area contributed by atoms with Gasteiger partial charge in [0.15, 0.2) is 16.1 Å². The van der Waals surface area contributed by atoms with Crippen LogP contribution >= 0.6 is 11.3 Å². The van der Waals surface area contributed by atoms with E-state index in [-0.39, 0.29) is 0 Å². The molecule has 0 N–H and O–H groups in total. The first-order valence-electron chi connectivity index (χ1n) is 28.7. The second-order valence-electron chi connectivity index (χ2n) is 21.8. The molecule has 0 atom stereocenters. The van der Waals surface area contributed by atoms with Gasteiger partial charge in [0.1, 0.15) is 0 Å². The van der Waals surface area contributed by atoms with Crippen LogP contribution in [-0.2, 0) is 0 Å². The molecule has 0 aliphatic carbocycles. The lowest BCUT2D eigenvalue weighted by atomic mass is 9.99. The monoisotopic (exact) mass is 1110 g/mol. The molecular formula is C78H54N2SSi2. The highest BCUT2D eigenvalue weighted by Crippen LogP contribution is 2.41. The topological polar surface area (TPSA) is 9.86 Å². The Bertz CT molecular complexity index is 4940. The molecule has 0 bridgehead atoms. The van der Waals surface area contributed by atoms with Gasteiger partial charge in [-0.05, 0) is 113 Å². The minimum absolute atomic E-state index is 1.12.